The molecule has 0 bridgehead atoms. The van der Waals surface area contributed by atoms with E-state index in [0.717, 1.165) is 6.20 Å². The van der Waals surface area contributed by atoms with Crippen LogP contribution in [-0.2, 0) is 4.79 Å². The second-order valence-corrected chi connectivity index (χ2v) is 3.92. The zero-order valence-electron chi connectivity index (χ0n) is 7.35. The molecule has 0 aliphatic carbocycles. The van der Waals surface area contributed by atoms with Crippen LogP contribution in [0.5, 0.6) is 0 Å². The minimum atomic E-state index is -0.469. The summed E-state index contributed by atoms with van der Waals surface area (Å²) >= 11 is 4.19. The van der Waals surface area contributed by atoms with Crippen LogP contribution in [0.2, 0.25) is 0 Å². The molecule has 1 saturated heterocycles. The Balaban J connectivity index is 2.32. The molecule has 1 aliphatic heterocycles. The number of halogens is 1. The molecule has 14 heavy (non-hydrogen) atoms. The van der Waals surface area contributed by atoms with E-state index in [4.69, 9.17) is 0 Å². The summed E-state index contributed by atoms with van der Waals surface area (Å²) in [5, 5.41) is -0.00457. The molecule has 0 N–H and O–H groups in total. The molecule has 0 radical (unpaired) electrons. The third kappa shape index (κ3) is 1.59. The number of hydrogen-bond donors (Lipinski definition) is 1. The standard InChI is InChI=1S/C9H9FN2OS/c10-7-4-11-2-1-8(7)12-5-6(14)3-9(12)13/h1-2,4,6,14H,3,5H2. The molecule has 2 heterocycles. The number of amides is 1. The number of carbonyl (C=O) groups is 1. The van der Waals surface area contributed by atoms with Crippen molar-refractivity contribution in [1.82, 2.24) is 4.98 Å². The van der Waals surface area contributed by atoms with Gasteiger partial charge in [0, 0.05) is 24.4 Å². The Morgan fingerprint density at radius 1 is 1.64 bits per heavy atom. The van der Waals surface area contributed by atoms with E-state index in [1.54, 1.807) is 0 Å². The first-order valence-electron chi connectivity index (χ1n) is 4.26. The van der Waals surface area contributed by atoms with Crippen molar-refractivity contribution < 1.29 is 9.18 Å². The van der Waals surface area contributed by atoms with Crippen LogP contribution in [0.4, 0.5) is 10.1 Å². The average Bonchev–Trinajstić information content (AvgIpc) is 2.46. The minimum Gasteiger partial charge on any atom is -0.308 e. The quantitative estimate of drug-likeness (QED) is 0.711. The van der Waals surface area contributed by atoms with Crippen molar-refractivity contribution >= 4 is 24.2 Å². The summed E-state index contributed by atoms with van der Waals surface area (Å²) in [4.78, 5) is 16.5. The van der Waals surface area contributed by atoms with Crippen LogP contribution in [0.1, 0.15) is 6.42 Å². The molecule has 3 nitrogen and oxygen atoms in total. The van der Waals surface area contributed by atoms with E-state index in [1.165, 1.54) is 17.2 Å². The number of thiol groups is 1. The summed E-state index contributed by atoms with van der Waals surface area (Å²) in [6, 6.07) is 1.50. The fourth-order valence-electron chi connectivity index (χ4n) is 1.51. The van der Waals surface area contributed by atoms with Crippen molar-refractivity contribution in [2.45, 2.75) is 11.7 Å². The molecular weight excluding hydrogens is 203 g/mol. The largest absolute Gasteiger partial charge is 0.308 e. The normalized spacial score (nSPS) is 21.7. The van der Waals surface area contributed by atoms with Gasteiger partial charge in [-0.05, 0) is 6.07 Å². The highest BCUT2D eigenvalue weighted by atomic mass is 32.1. The number of aromatic nitrogens is 1. The highest BCUT2D eigenvalue weighted by Crippen LogP contribution is 2.25. The maximum atomic E-state index is 13.3. The van der Waals surface area contributed by atoms with Crippen molar-refractivity contribution in [1.29, 1.82) is 0 Å². The topological polar surface area (TPSA) is 33.2 Å². The maximum Gasteiger partial charge on any atom is 0.228 e. The Morgan fingerprint density at radius 3 is 3.00 bits per heavy atom. The molecule has 0 saturated carbocycles. The van der Waals surface area contributed by atoms with Gasteiger partial charge in [-0.15, -0.1) is 0 Å². The zero-order chi connectivity index (χ0) is 10.1. The first kappa shape index (κ1) is 9.45. The van der Waals surface area contributed by atoms with Gasteiger partial charge in [-0.3, -0.25) is 9.78 Å². The smallest absolute Gasteiger partial charge is 0.228 e. The number of hydrogen-bond acceptors (Lipinski definition) is 3. The van der Waals surface area contributed by atoms with Crippen LogP contribution >= 0.6 is 12.6 Å². The van der Waals surface area contributed by atoms with Gasteiger partial charge < -0.3 is 4.90 Å². The first-order chi connectivity index (χ1) is 6.68. The number of carbonyl (C=O) groups excluding carboxylic acids is 1. The third-order valence-corrected chi connectivity index (χ3v) is 2.49. The highest BCUT2D eigenvalue weighted by Gasteiger charge is 2.29. The van der Waals surface area contributed by atoms with Gasteiger partial charge in [-0.2, -0.15) is 12.6 Å². The third-order valence-electron chi connectivity index (χ3n) is 2.15. The SMILES string of the molecule is O=C1CC(S)CN1c1ccncc1F. The Labute approximate surface area is 86.3 Å². The monoisotopic (exact) mass is 212 g/mol. The van der Waals surface area contributed by atoms with E-state index in [-0.39, 0.29) is 11.2 Å². The van der Waals surface area contributed by atoms with Gasteiger partial charge in [0.05, 0.1) is 11.9 Å². The van der Waals surface area contributed by atoms with Crippen LogP contribution in [-0.4, -0.2) is 22.7 Å². The van der Waals surface area contributed by atoms with Gasteiger partial charge in [-0.1, -0.05) is 0 Å². The summed E-state index contributed by atoms with van der Waals surface area (Å²) in [5.74, 6) is -0.557. The molecule has 1 aliphatic rings. The van der Waals surface area contributed by atoms with E-state index >= 15 is 0 Å². The first-order valence-corrected chi connectivity index (χ1v) is 4.78. The van der Waals surface area contributed by atoms with Gasteiger partial charge >= 0.3 is 0 Å². The van der Waals surface area contributed by atoms with E-state index < -0.39 is 5.82 Å². The zero-order valence-corrected chi connectivity index (χ0v) is 8.25. The van der Waals surface area contributed by atoms with Crippen molar-refractivity contribution in [3.05, 3.63) is 24.3 Å². The second kappa shape index (κ2) is 3.57. The molecule has 1 aromatic heterocycles. The van der Waals surface area contributed by atoms with E-state index in [1.807, 2.05) is 0 Å². The Kier molecular flexibility index (Phi) is 2.41. The van der Waals surface area contributed by atoms with Crippen LogP contribution in [0.15, 0.2) is 18.5 Å². The lowest BCUT2D eigenvalue weighted by Gasteiger charge is -2.15. The minimum absolute atomic E-state index is 0.00457. The van der Waals surface area contributed by atoms with Gasteiger partial charge in [-0.25, -0.2) is 4.39 Å². The van der Waals surface area contributed by atoms with Crippen LogP contribution < -0.4 is 4.90 Å². The molecule has 0 aromatic carbocycles. The number of nitrogens with zero attached hydrogens (tertiary/aromatic N) is 2. The number of rotatable bonds is 1. The second-order valence-electron chi connectivity index (χ2n) is 3.19. The van der Waals surface area contributed by atoms with E-state index in [2.05, 4.69) is 17.6 Å². The van der Waals surface area contributed by atoms with E-state index in [0.29, 0.717) is 18.7 Å². The van der Waals surface area contributed by atoms with Gasteiger partial charge in [0.2, 0.25) is 5.91 Å². The van der Waals surface area contributed by atoms with Crippen LogP contribution in [0.3, 0.4) is 0 Å². The van der Waals surface area contributed by atoms with Crippen LogP contribution in [0, 0.1) is 5.82 Å². The predicted octanol–water partition coefficient (Wildman–Crippen LogP) is 1.26. The van der Waals surface area contributed by atoms with Gasteiger partial charge in [0.1, 0.15) is 0 Å². The Hall–Kier alpha value is -1.10. The van der Waals surface area contributed by atoms with Crippen molar-refractivity contribution in [3.8, 4) is 0 Å². The molecule has 1 fully saturated rings. The molecule has 1 atom stereocenters. The average molecular weight is 212 g/mol. The molecule has 74 valence electrons. The van der Waals surface area contributed by atoms with Crippen molar-refractivity contribution in [2.24, 2.45) is 0 Å². The fraction of sp³-hybridized carbons (Fsp3) is 0.333. The molecule has 5 heteroatoms. The van der Waals surface area contributed by atoms with Gasteiger partial charge in [0.25, 0.3) is 0 Å². The lowest BCUT2D eigenvalue weighted by Crippen LogP contribution is -2.25. The Morgan fingerprint density at radius 2 is 2.43 bits per heavy atom. The van der Waals surface area contributed by atoms with Crippen molar-refractivity contribution in [2.75, 3.05) is 11.4 Å². The van der Waals surface area contributed by atoms with E-state index in [9.17, 15) is 9.18 Å². The molecule has 2 rings (SSSR count). The summed E-state index contributed by atoms with van der Waals surface area (Å²) in [6.07, 6.45) is 2.94. The molecule has 1 aromatic rings. The summed E-state index contributed by atoms with van der Waals surface area (Å²) in [5.41, 5.74) is 0.293. The molecule has 0 spiro atoms. The van der Waals surface area contributed by atoms with Crippen LogP contribution in [0.25, 0.3) is 0 Å². The summed E-state index contributed by atoms with van der Waals surface area (Å²) in [7, 11) is 0. The molecule has 1 amide bonds. The Bertz CT molecular complexity index is 372. The lowest BCUT2D eigenvalue weighted by molar-refractivity contribution is -0.117. The molecular formula is C9H9FN2OS. The lowest BCUT2D eigenvalue weighted by atomic mass is 10.3. The van der Waals surface area contributed by atoms with Crippen molar-refractivity contribution in [3.63, 3.8) is 0 Å². The molecule has 1 unspecified atom stereocenters. The van der Waals surface area contributed by atoms with Gasteiger partial charge in [0.15, 0.2) is 5.82 Å². The number of anilines is 1. The summed E-state index contributed by atoms with van der Waals surface area (Å²) < 4.78 is 13.3. The maximum absolute atomic E-state index is 13.3. The fourth-order valence-corrected chi connectivity index (χ4v) is 1.83. The highest BCUT2D eigenvalue weighted by molar-refractivity contribution is 7.81. The number of pyridine rings is 1. The summed E-state index contributed by atoms with van der Waals surface area (Å²) in [6.45, 7) is 0.461. The predicted molar refractivity (Wildman–Crippen MR) is 53.9 cm³/mol.